The molecule has 1 N–H and O–H groups in total. The molecule has 0 aliphatic heterocycles. The SMILES string of the molecule is Cc1cc(C)cc(OCC(=O)N(C)CC2CC(O)C2)c1. The van der Waals surface area contributed by atoms with Crippen LogP contribution in [0, 0.1) is 19.8 Å². The first-order valence-electron chi connectivity index (χ1n) is 7.07. The number of likely N-dealkylation sites (N-methyl/N-ethyl adjacent to an activating group) is 1. The molecule has 0 radical (unpaired) electrons. The van der Waals surface area contributed by atoms with E-state index in [4.69, 9.17) is 4.74 Å². The summed E-state index contributed by atoms with van der Waals surface area (Å²) in [5, 5.41) is 9.25. The second-order valence-corrected chi connectivity index (χ2v) is 5.88. The summed E-state index contributed by atoms with van der Waals surface area (Å²) >= 11 is 0. The van der Waals surface area contributed by atoms with Crippen molar-refractivity contribution in [3.05, 3.63) is 29.3 Å². The van der Waals surface area contributed by atoms with Crippen LogP contribution in [0.2, 0.25) is 0 Å². The molecule has 1 aliphatic carbocycles. The Morgan fingerprint density at radius 3 is 2.45 bits per heavy atom. The highest BCUT2D eigenvalue weighted by atomic mass is 16.5. The van der Waals surface area contributed by atoms with Crippen LogP contribution < -0.4 is 4.74 Å². The lowest BCUT2D eigenvalue weighted by Gasteiger charge is -2.34. The Morgan fingerprint density at radius 2 is 1.90 bits per heavy atom. The van der Waals surface area contributed by atoms with Crippen LogP contribution in [0.1, 0.15) is 24.0 Å². The highest BCUT2D eigenvalue weighted by molar-refractivity contribution is 5.77. The maximum atomic E-state index is 12.0. The second-order valence-electron chi connectivity index (χ2n) is 5.88. The Hall–Kier alpha value is -1.55. The van der Waals surface area contributed by atoms with Crippen molar-refractivity contribution in [2.75, 3.05) is 20.2 Å². The van der Waals surface area contributed by atoms with Crippen molar-refractivity contribution in [1.29, 1.82) is 0 Å². The van der Waals surface area contributed by atoms with Crippen LogP contribution in [0.3, 0.4) is 0 Å². The van der Waals surface area contributed by atoms with Crippen LogP contribution in [0.4, 0.5) is 0 Å². The second kappa shape index (κ2) is 6.27. The average Bonchev–Trinajstić information content (AvgIpc) is 2.32. The molecule has 2 rings (SSSR count). The van der Waals surface area contributed by atoms with Gasteiger partial charge in [0, 0.05) is 13.6 Å². The summed E-state index contributed by atoms with van der Waals surface area (Å²) in [7, 11) is 1.79. The molecule has 0 unspecified atom stereocenters. The quantitative estimate of drug-likeness (QED) is 0.894. The predicted molar refractivity (Wildman–Crippen MR) is 77.8 cm³/mol. The van der Waals surface area contributed by atoms with Crippen LogP contribution in [0.5, 0.6) is 5.75 Å². The lowest BCUT2D eigenvalue weighted by molar-refractivity contribution is -0.133. The number of aliphatic hydroxyl groups excluding tert-OH is 1. The van der Waals surface area contributed by atoms with E-state index < -0.39 is 0 Å². The van der Waals surface area contributed by atoms with Gasteiger partial charge in [-0.2, -0.15) is 0 Å². The normalized spacial score (nSPS) is 21.2. The van der Waals surface area contributed by atoms with Gasteiger partial charge in [0.05, 0.1) is 6.10 Å². The summed E-state index contributed by atoms with van der Waals surface area (Å²) < 4.78 is 5.56. The fraction of sp³-hybridized carbons (Fsp3) is 0.562. The summed E-state index contributed by atoms with van der Waals surface area (Å²) in [6.07, 6.45) is 1.43. The first kappa shape index (κ1) is 14.9. The third kappa shape index (κ3) is 3.97. The number of ether oxygens (including phenoxy) is 1. The maximum absolute atomic E-state index is 12.0. The molecule has 0 saturated heterocycles. The molecule has 0 atom stereocenters. The fourth-order valence-electron chi connectivity index (χ4n) is 2.61. The van der Waals surface area contributed by atoms with Gasteiger partial charge >= 0.3 is 0 Å². The van der Waals surface area contributed by atoms with Gasteiger partial charge in [-0.15, -0.1) is 0 Å². The van der Waals surface area contributed by atoms with Crippen molar-refractivity contribution in [3.63, 3.8) is 0 Å². The van der Waals surface area contributed by atoms with Gasteiger partial charge in [-0.1, -0.05) is 6.07 Å². The van der Waals surface area contributed by atoms with Crippen molar-refractivity contribution in [3.8, 4) is 5.75 Å². The van der Waals surface area contributed by atoms with Gasteiger partial charge in [0.15, 0.2) is 6.61 Å². The highest BCUT2D eigenvalue weighted by Gasteiger charge is 2.29. The molecule has 0 aromatic heterocycles. The molecule has 1 fully saturated rings. The standard InChI is InChI=1S/C16H23NO3/c1-11-4-12(2)6-15(5-11)20-10-16(19)17(3)9-13-7-14(18)8-13/h4-6,13-14,18H,7-10H2,1-3H3. The van der Waals surface area contributed by atoms with Crippen LogP contribution in [-0.4, -0.2) is 42.2 Å². The highest BCUT2D eigenvalue weighted by Crippen LogP contribution is 2.27. The number of amides is 1. The molecular formula is C16H23NO3. The summed E-state index contributed by atoms with van der Waals surface area (Å²) in [4.78, 5) is 13.7. The van der Waals surface area contributed by atoms with Gasteiger partial charge < -0.3 is 14.7 Å². The number of nitrogens with zero attached hydrogens (tertiary/aromatic N) is 1. The maximum Gasteiger partial charge on any atom is 0.260 e. The molecular weight excluding hydrogens is 254 g/mol. The van der Waals surface area contributed by atoms with Gasteiger partial charge in [-0.05, 0) is 55.9 Å². The zero-order valence-corrected chi connectivity index (χ0v) is 12.4. The summed E-state index contributed by atoms with van der Waals surface area (Å²) in [5.41, 5.74) is 2.26. The molecule has 20 heavy (non-hydrogen) atoms. The first-order valence-corrected chi connectivity index (χ1v) is 7.07. The number of aliphatic hydroxyl groups is 1. The smallest absolute Gasteiger partial charge is 0.260 e. The zero-order valence-electron chi connectivity index (χ0n) is 12.4. The van der Waals surface area contributed by atoms with Crippen molar-refractivity contribution in [1.82, 2.24) is 4.90 Å². The monoisotopic (exact) mass is 277 g/mol. The minimum Gasteiger partial charge on any atom is -0.484 e. The number of hydrogen-bond donors (Lipinski definition) is 1. The van der Waals surface area contributed by atoms with E-state index in [1.165, 1.54) is 0 Å². The van der Waals surface area contributed by atoms with Crippen molar-refractivity contribution < 1.29 is 14.6 Å². The Morgan fingerprint density at radius 1 is 1.30 bits per heavy atom. The van der Waals surface area contributed by atoms with Gasteiger partial charge in [-0.25, -0.2) is 0 Å². The minimum atomic E-state index is -0.171. The number of hydrogen-bond acceptors (Lipinski definition) is 3. The predicted octanol–water partition coefficient (Wildman–Crippen LogP) is 1.91. The molecule has 4 heteroatoms. The van der Waals surface area contributed by atoms with E-state index in [1.54, 1.807) is 11.9 Å². The largest absolute Gasteiger partial charge is 0.484 e. The molecule has 1 saturated carbocycles. The van der Waals surface area contributed by atoms with E-state index in [0.717, 1.165) is 29.7 Å². The van der Waals surface area contributed by atoms with Crippen LogP contribution in [0.15, 0.2) is 18.2 Å². The lowest BCUT2D eigenvalue weighted by atomic mass is 9.82. The van der Waals surface area contributed by atoms with E-state index in [1.807, 2.05) is 26.0 Å². The molecule has 110 valence electrons. The van der Waals surface area contributed by atoms with E-state index in [9.17, 15) is 9.90 Å². The Labute approximate surface area is 120 Å². The van der Waals surface area contributed by atoms with Crippen molar-refractivity contribution in [2.24, 2.45) is 5.92 Å². The van der Waals surface area contributed by atoms with E-state index in [2.05, 4.69) is 6.07 Å². The van der Waals surface area contributed by atoms with Gasteiger partial charge in [-0.3, -0.25) is 4.79 Å². The molecule has 4 nitrogen and oxygen atoms in total. The molecule has 0 bridgehead atoms. The number of rotatable bonds is 5. The summed E-state index contributed by atoms with van der Waals surface area (Å²) in [5.74, 6) is 1.15. The Kier molecular flexibility index (Phi) is 4.65. The zero-order chi connectivity index (χ0) is 14.7. The summed E-state index contributed by atoms with van der Waals surface area (Å²) in [6.45, 7) is 4.78. The summed E-state index contributed by atoms with van der Waals surface area (Å²) in [6, 6.07) is 5.94. The van der Waals surface area contributed by atoms with Crippen LogP contribution in [0.25, 0.3) is 0 Å². The number of benzene rings is 1. The van der Waals surface area contributed by atoms with Crippen molar-refractivity contribution in [2.45, 2.75) is 32.8 Å². The first-order chi connectivity index (χ1) is 9.44. The molecule has 1 aliphatic rings. The number of carbonyl (C=O) groups is 1. The Balaban J connectivity index is 1.79. The lowest BCUT2D eigenvalue weighted by Crippen LogP contribution is -2.41. The van der Waals surface area contributed by atoms with Crippen molar-refractivity contribution >= 4 is 5.91 Å². The molecule has 1 amide bonds. The molecule has 0 heterocycles. The fourth-order valence-corrected chi connectivity index (χ4v) is 2.61. The van der Waals surface area contributed by atoms with Gasteiger partial charge in [0.2, 0.25) is 0 Å². The van der Waals surface area contributed by atoms with Gasteiger partial charge in [0.25, 0.3) is 5.91 Å². The average molecular weight is 277 g/mol. The topological polar surface area (TPSA) is 49.8 Å². The molecule has 0 spiro atoms. The third-order valence-corrected chi connectivity index (χ3v) is 3.73. The van der Waals surface area contributed by atoms with Crippen LogP contribution in [-0.2, 0) is 4.79 Å². The molecule has 1 aromatic rings. The Bertz CT molecular complexity index is 460. The van der Waals surface area contributed by atoms with E-state index in [-0.39, 0.29) is 18.6 Å². The van der Waals surface area contributed by atoms with Gasteiger partial charge in [0.1, 0.15) is 5.75 Å². The minimum absolute atomic E-state index is 0.0226. The number of carbonyl (C=O) groups excluding carboxylic acids is 1. The molecule has 1 aromatic carbocycles. The van der Waals surface area contributed by atoms with Crippen LogP contribution >= 0.6 is 0 Å². The third-order valence-electron chi connectivity index (χ3n) is 3.73. The van der Waals surface area contributed by atoms with E-state index >= 15 is 0 Å². The van der Waals surface area contributed by atoms with E-state index in [0.29, 0.717) is 12.5 Å². The number of aryl methyl sites for hydroxylation is 2.